The summed E-state index contributed by atoms with van der Waals surface area (Å²) in [5, 5.41) is 0. The van der Waals surface area contributed by atoms with Gasteiger partial charge in [0.2, 0.25) is 5.88 Å². The van der Waals surface area contributed by atoms with Gasteiger partial charge in [0.25, 0.3) is 5.91 Å². The van der Waals surface area contributed by atoms with E-state index in [-0.39, 0.29) is 18.2 Å². The Morgan fingerprint density at radius 2 is 2.07 bits per heavy atom. The summed E-state index contributed by atoms with van der Waals surface area (Å²) < 4.78 is 5.26. The summed E-state index contributed by atoms with van der Waals surface area (Å²) in [6.07, 6.45) is 2.80. The van der Waals surface area contributed by atoms with Gasteiger partial charge in [0, 0.05) is 17.9 Å². The smallest absolute Gasteiger partial charge is 0.272 e. The summed E-state index contributed by atoms with van der Waals surface area (Å²) in [6, 6.07) is 0. The van der Waals surface area contributed by atoms with Crippen molar-refractivity contribution < 1.29 is 9.53 Å². The minimum absolute atomic E-state index is 0.0155. The lowest BCUT2D eigenvalue weighted by Crippen LogP contribution is -2.39. The number of nitrogens with zero attached hydrogens (tertiary/aromatic N) is 2. The maximum absolute atomic E-state index is 11.0. The number of primary amides is 1. The van der Waals surface area contributed by atoms with E-state index in [1.54, 1.807) is 13.8 Å². The fourth-order valence-corrected chi connectivity index (χ4v) is 0.854. The molecule has 1 amide bonds. The van der Waals surface area contributed by atoms with E-state index in [4.69, 9.17) is 16.2 Å². The largest absolute Gasteiger partial charge is 0.474 e. The molecular weight excluding hydrogens is 196 g/mol. The lowest BCUT2D eigenvalue weighted by atomic mass is 10.1. The Bertz CT molecular complexity index is 359. The number of nitrogens with two attached hydrogens (primary N) is 2. The maximum Gasteiger partial charge on any atom is 0.272 e. The number of hydrogen-bond donors (Lipinski definition) is 2. The van der Waals surface area contributed by atoms with Crippen molar-refractivity contribution in [3.05, 3.63) is 18.1 Å². The van der Waals surface area contributed by atoms with E-state index in [2.05, 4.69) is 9.97 Å². The predicted molar refractivity (Wildman–Crippen MR) is 54.3 cm³/mol. The zero-order valence-corrected chi connectivity index (χ0v) is 8.73. The summed E-state index contributed by atoms with van der Waals surface area (Å²) in [7, 11) is 0. The summed E-state index contributed by atoms with van der Waals surface area (Å²) in [5.41, 5.74) is 10.3. The Hall–Kier alpha value is -1.69. The van der Waals surface area contributed by atoms with Crippen LogP contribution in [0.5, 0.6) is 5.88 Å². The summed E-state index contributed by atoms with van der Waals surface area (Å²) in [5.74, 6) is -0.559. The molecule has 0 atom stereocenters. The zero-order valence-electron chi connectivity index (χ0n) is 8.73. The van der Waals surface area contributed by atoms with Gasteiger partial charge >= 0.3 is 0 Å². The minimum atomic E-state index is -0.673. The maximum atomic E-state index is 11.0. The lowest BCUT2D eigenvalue weighted by molar-refractivity contribution is 0.0988. The normalized spacial score (nSPS) is 11.1. The van der Waals surface area contributed by atoms with E-state index >= 15 is 0 Å². The van der Waals surface area contributed by atoms with Crippen LogP contribution in [-0.4, -0.2) is 28.0 Å². The zero-order chi connectivity index (χ0) is 11.5. The second-order valence-corrected chi connectivity index (χ2v) is 3.85. The van der Waals surface area contributed by atoms with Crippen molar-refractivity contribution in [1.29, 1.82) is 0 Å². The molecule has 1 aromatic rings. The van der Waals surface area contributed by atoms with Crippen molar-refractivity contribution in [3.63, 3.8) is 0 Å². The Morgan fingerprint density at radius 1 is 1.47 bits per heavy atom. The number of ether oxygens (including phenoxy) is 1. The third-order valence-corrected chi connectivity index (χ3v) is 1.48. The highest BCUT2D eigenvalue weighted by Gasteiger charge is 2.16. The Labute approximate surface area is 87.7 Å². The van der Waals surface area contributed by atoms with Crippen LogP contribution in [0.2, 0.25) is 0 Å². The first-order valence-corrected chi connectivity index (χ1v) is 4.42. The van der Waals surface area contributed by atoms with Crippen molar-refractivity contribution in [3.8, 4) is 5.88 Å². The molecule has 0 aliphatic carbocycles. The number of hydrogen-bond acceptors (Lipinski definition) is 5. The van der Waals surface area contributed by atoms with Crippen LogP contribution in [-0.2, 0) is 0 Å². The van der Waals surface area contributed by atoms with Crippen molar-refractivity contribution >= 4 is 5.91 Å². The van der Waals surface area contributed by atoms with E-state index in [1.807, 2.05) is 0 Å². The van der Waals surface area contributed by atoms with E-state index in [9.17, 15) is 4.79 Å². The molecule has 6 heteroatoms. The van der Waals surface area contributed by atoms with Crippen LogP contribution in [0.15, 0.2) is 12.4 Å². The first-order chi connectivity index (χ1) is 6.90. The molecule has 0 saturated carbocycles. The van der Waals surface area contributed by atoms with Crippen LogP contribution in [0.3, 0.4) is 0 Å². The molecule has 0 fully saturated rings. The first kappa shape index (κ1) is 11.4. The summed E-state index contributed by atoms with van der Waals surface area (Å²) >= 11 is 0. The van der Waals surface area contributed by atoms with Gasteiger partial charge in [-0.3, -0.25) is 4.79 Å². The highest BCUT2D eigenvalue weighted by atomic mass is 16.5. The first-order valence-electron chi connectivity index (χ1n) is 4.42. The van der Waals surface area contributed by atoms with Crippen molar-refractivity contribution in [2.45, 2.75) is 19.4 Å². The van der Waals surface area contributed by atoms with Gasteiger partial charge in [-0.05, 0) is 13.8 Å². The summed E-state index contributed by atoms with van der Waals surface area (Å²) in [4.78, 5) is 18.6. The Kier molecular flexibility index (Phi) is 3.21. The second kappa shape index (κ2) is 4.22. The molecule has 82 valence electrons. The molecule has 1 aromatic heterocycles. The van der Waals surface area contributed by atoms with Gasteiger partial charge in [-0.15, -0.1) is 0 Å². The van der Waals surface area contributed by atoms with Crippen LogP contribution in [0.25, 0.3) is 0 Å². The minimum Gasteiger partial charge on any atom is -0.474 e. The number of carbonyl (C=O) groups is 1. The molecule has 0 spiro atoms. The van der Waals surface area contributed by atoms with Crippen LogP contribution in [0, 0.1) is 0 Å². The average Bonchev–Trinajstić information content (AvgIpc) is 2.14. The van der Waals surface area contributed by atoms with Gasteiger partial charge < -0.3 is 16.2 Å². The Balaban J connectivity index is 2.81. The van der Waals surface area contributed by atoms with Crippen LogP contribution in [0.1, 0.15) is 24.3 Å². The standard InChI is InChI=1S/C9H14N4O2/c1-9(2,11)5-15-8-6(7(10)14)12-3-4-13-8/h3-4H,5,11H2,1-2H3,(H2,10,14). The van der Waals surface area contributed by atoms with Crippen LogP contribution >= 0.6 is 0 Å². The van der Waals surface area contributed by atoms with E-state index in [0.29, 0.717) is 0 Å². The van der Waals surface area contributed by atoms with Crippen molar-refractivity contribution in [1.82, 2.24) is 9.97 Å². The fraction of sp³-hybridized carbons (Fsp3) is 0.444. The van der Waals surface area contributed by atoms with Gasteiger partial charge in [-0.25, -0.2) is 9.97 Å². The van der Waals surface area contributed by atoms with Gasteiger partial charge in [0.15, 0.2) is 5.69 Å². The molecule has 0 aromatic carbocycles. The topological polar surface area (TPSA) is 104 Å². The molecule has 0 aliphatic heterocycles. The monoisotopic (exact) mass is 210 g/mol. The molecule has 4 N–H and O–H groups in total. The molecule has 0 bridgehead atoms. The van der Waals surface area contributed by atoms with Gasteiger partial charge in [0.1, 0.15) is 6.61 Å². The SMILES string of the molecule is CC(C)(N)COc1nccnc1C(N)=O. The fourth-order valence-electron chi connectivity index (χ4n) is 0.854. The molecule has 0 saturated heterocycles. The van der Waals surface area contributed by atoms with Gasteiger partial charge in [0.05, 0.1) is 0 Å². The third kappa shape index (κ3) is 3.51. The van der Waals surface area contributed by atoms with Crippen molar-refractivity contribution in [2.75, 3.05) is 6.61 Å². The summed E-state index contributed by atoms with van der Waals surface area (Å²) in [6.45, 7) is 3.83. The highest BCUT2D eigenvalue weighted by molar-refractivity contribution is 5.92. The van der Waals surface area contributed by atoms with E-state index in [0.717, 1.165) is 0 Å². The van der Waals surface area contributed by atoms with Gasteiger partial charge in [-0.1, -0.05) is 0 Å². The average molecular weight is 210 g/mol. The quantitative estimate of drug-likeness (QED) is 0.709. The number of rotatable bonds is 4. The highest BCUT2D eigenvalue weighted by Crippen LogP contribution is 2.11. The Morgan fingerprint density at radius 3 is 2.60 bits per heavy atom. The molecular formula is C9H14N4O2. The number of amides is 1. The molecule has 0 radical (unpaired) electrons. The molecule has 0 aliphatic rings. The number of carbonyl (C=O) groups excluding carboxylic acids is 1. The van der Waals surface area contributed by atoms with E-state index < -0.39 is 11.4 Å². The van der Waals surface area contributed by atoms with Crippen LogP contribution in [0.4, 0.5) is 0 Å². The lowest BCUT2D eigenvalue weighted by Gasteiger charge is -2.18. The molecule has 1 heterocycles. The van der Waals surface area contributed by atoms with Gasteiger partial charge in [-0.2, -0.15) is 0 Å². The van der Waals surface area contributed by atoms with Crippen molar-refractivity contribution in [2.24, 2.45) is 11.5 Å². The molecule has 15 heavy (non-hydrogen) atoms. The predicted octanol–water partition coefficient (Wildman–Crippen LogP) is -0.308. The second-order valence-electron chi connectivity index (χ2n) is 3.85. The molecule has 0 unspecified atom stereocenters. The third-order valence-electron chi connectivity index (χ3n) is 1.48. The van der Waals surface area contributed by atoms with E-state index in [1.165, 1.54) is 12.4 Å². The number of aromatic nitrogens is 2. The van der Waals surface area contributed by atoms with Crippen LogP contribution < -0.4 is 16.2 Å². The molecule has 1 rings (SSSR count). The molecule has 6 nitrogen and oxygen atoms in total.